The number of carbonyl (C=O) groups excluding carboxylic acids is 1. The lowest BCUT2D eigenvalue weighted by Gasteiger charge is -2.34. The summed E-state index contributed by atoms with van der Waals surface area (Å²) in [5.74, 6) is 1.06. The molecule has 2 aromatic rings. The highest BCUT2D eigenvalue weighted by Crippen LogP contribution is 2.31. The first-order valence-corrected chi connectivity index (χ1v) is 9.81. The normalized spacial score (nSPS) is 15.2. The van der Waals surface area contributed by atoms with E-state index in [9.17, 15) is 14.7 Å². The molecule has 0 radical (unpaired) electrons. The van der Waals surface area contributed by atoms with Crippen molar-refractivity contribution >= 4 is 17.7 Å². The summed E-state index contributed by atoms with van der Waals surface area (Å²) < 4.78 is 5.26. The van der Waals surface area contributed by atoms with Gasteiger partial charge in [0, 0.05) is 26.6 Å². The summed E-state index contributed by atoms with van der Waals surface area (Å²) in [6, 6.07) is 7.20. The van der Waals surface area contributed by atoms with Crippen molar-refractivity contribution in [3.05, 3.63) is 30.1 Å². The molecule has 0 unspecified atom stereocenters. The first-order valence-electron chi connectivity index (χ1n) is 9.81. The number of carboxylic acid groups (broad SMARTS) is 1. The number of aromatic nitrogens is 2. The zero-order valence-electron chi connectivity index (χ0n) is 16.8. The van der Waals surface area contributed by atoms with Gasteiger partial charge in [-0.15, -0.1) is 0 Å². The van der Waals surface area contributed by atoms with Gasteiger partial charge in [-0.2, -0.15) is 4.98 Å². The molecule has 1 saturated heterocycles. The molecular formula is C20H27N5O4. The minimum absolute atomic E-state index is 0.0212. The quantitative estimate of drug-likeness (QED) is 0.732. The fourth-order valence-electron chi connectivity index (χ4n) is 3.62. The van der Waals surface area contributed by atoms with E-state index in [2.05, 4.69) is 20.4 Å². The Balaban J connectivity index is 1.65. The number of piperidine rings is 1. The van der Waals surface area contributed by atoms with Crippen molar-refractivity contribution in [2.75, 3.05) is 37.6 Å². The Hall–Kier alpha value is -2.94. The van der Waals surface area contributed by atoms with Crippen molar-refractivity contribution in [2.45, 2.75) is 26.7 Å². The Morgan fingerprint density at radius 3 is 2.66 bits per heavy atom. The van der Waals surface area contributed by atoms with Gasteiger partial charge in [0.05, 0.1) is 11.3 Å². The number of rotatable bonds is 7. The zero-order chi connectivity index (χ0) is 20.8. The summed E-state index contributed by atoms with van der Waals surface area (Å²) in [5, 5.41) is 16.5. The highest BCUT2D eigenvalue weighted by Gasteiger charge is 2.27. The predicted molar refractivity (Wildman–Crippen MR) is 108 cm³/mol. The maximum absolute atomic E-state index is 12.0. The average molecular weight is 401 g/mol. The number of hydrogen-bond acceptors (Lipinski definition) is 6. The van der Waals surface area contributed by atoms with Gasteiger partial charge in [-0.25, -0.2) is 4.79 Å². The number of aryl methyl sites for hydroxylation is 1. The molecule has 156 valence electrons. The molecule has 3 rings (SSSR count). The van der Waals surface area contributed by atoms with Crippen LogP contribution in [-0.2, 0) is 4.79 Å². The SMILES string of the molecule is CC(=O)NCCN1CCC(CN(C(=O)O)c2ccccc2-c2nc(C)no2)CC1. The first-order chi connectivity index (χ1) is 13.9. The minimum Gasteiger partial charge on any atom is -0.465 e. The fraction of sp³-hybridized carbons (Fsp3) is 0.500. The van der Waals surface area contributed by atoms with Crippen LogP contribution in [0.15, 0.2) is 28.8 Å². The molecule has 0 bridgehead atoms. The van der Waals surface area contributed by atoms with Crippen LogP contribution in [0.2, 0.25) is 0 Å². The number of benzene rings is 1. The lowest BCUT2D eigenvalue weighted by Crippen LogP contribution is -2.43. The number of amides is 2. The molecule has 2 heterocycles. The van der Waals surface area contributed by atoms with E-state index in [1.54, 1.807) is 19.1 Å². The Morgan fingerprint density at radius 2 is 2.03 bits per heavy atom. The van der Waals surface area contributed by atoms with Crippen molar-refractivity contribution in [1.82, 2.24) is 20.4 Å². The van der Waals surface area contributed by atoms with Crippen molar-refractivity contribution in [1.29, 1.82) is 0 Å². The summed E-state index contributed by atoms with van der Waals surface area (Å²) in [6.07, 6.45) is 0.818. The van der Waals surface area contributed by atoms with Crippen LogP contribution < -0.4 is 10.2 Å². The van der Waals surface area contributed by atoms with Crippen LogP contribution in [0.4, 0.5) is 10.5 Å². The maximum atomic E-state index is 12.0. The molecule has 2 amide bonds. The Bertz CT molecular complexity index is 845. The van der Waals surface area contributed by atoms with E-state index in [-0.39, 0.29) is 11.8 Å². The first kappa shape index (κ1) is 20.8. The van der Waals surface area contributed by atoms with E-state index < -0.39 is 6.09 Å². The summed E-state index contributed by atoms with van der Waals surface area (Å²) in [5.41, 5.74) is 1.17. The number of carbonyl (C=O) groups is 2. The van der Waals surface area contributed by atoms with Gasteiger partial charge in [0.2, 0.25) is 5.91 Å². The van der Waals surface area contributed by atoms with Crippen molar-refractivity contribution in [2.24, 2.45) is 5.92 Å². The van der Waals surface area contributed by atoms with Crippen LogP contribution in [0.25, 0.3) is 11.5 Å². The molecule has 2 N–H and O–H groups in total. The molecule has 9 heteroatoms. The molecule has 0 spiro atoms. The van der Waals surface area contributed by atoms with Crippen molar-refractivity contribution in [3.8, 4) is 11.5 Å². The Morgan fingerprint density at radius 1 is 1.31 bits per heavy atom. The highest BCUT2D eigenvalue weighted by atomic mass is 16.5. The summed E-state index contributed by atoms with van der Waals surface area (Å²) in [7, 11) is 0. The van der Waals surface area contributed by atoms with Crippen LogP contribution in [-0.4, -0.2) is 64.9 Å². The molecule has 29 heavy (non-hydrogen) atoms. The number of likely N-dealkylation sites (tertiary alicyclic amines) is 1. The topological polar surface area (TPSA) is 112 Å². The molecular weight excluding hydrogens is 374 g/mol. The third-order valence-corrected chi connectivity index (χ3v) is 5.13. The number of nitrogens with zero attached hydrogens (tertiary/aromatic N) is 4. The third-order valence-electron chi connectivity index (χ3n) is 5.13. The second kappa shape index (κ2) is 9.51. The van der Waals surface area contributed by atoms with Crippen molar-refractivity contribution < 1.29 is 19.2 Å². The van der Waals surface area contributed by atoms with E-state index in [0.29, 0.717) is 36.1 Å². The number of nitrogens with one attached hydrogen (secondary N) is 1. The molecule has 9 nitrogen and oxygen atoms in total. The van der Waals surface area contributed by atoms with E-state index in [1.165, 1.54) is 11.8 Å². The monoisotopic (exact) mass is 401 g/mol. The van der Waals surface area contributed by atoms with Crippen LogP contribution in [0.1, 0.15) is 25.6 Å². The molecule has 1 aromatic carbocycles. The summed E-state index contributed by atoms with van der Waals surface area (Å²) in [4.78, 5) is 31.0. The smallest absolute Gasteiger partial charge is 0.411 e. The van der Waals surface area contributed by atoms with Gasteiger partial charge in [-0.3, -0.25) is 9.69 Å². The third kappa shape index (κ3) is 5.54. The minimum atomic E-state index is -0.998. The lowest BCUT2D eigenvalue weighted by molar-refractivity contribution is -0.119. The maximum Gasteiger partial charge on any atom is 0.411 e. The second-order valence-electron chi connectivity index (χ2n) is 7.33. The van der Waals surface area contributed by atoms with Crippen LogP contribution >= 0.6 is 0 Å². The van der Waals surface area contributed by atoms with Gasteiger partial charge < -0.3 is 19.8 Å². The Kier molecular flexibility index (Phi) is 6.82. The van der Waals surface area contributed by atoms with E-state index in [0.717, 1.165) is 32.5 Å². The average Bonchev–Trinajstić information content (AvgIpc) is 3.13. The zero-order valence-corrected chi connectivity index (χ0v) is 16.8. The number of hydrogen-bond donors (Lipinski definition) is 2. The number of para-hydroxylation sites is 1. The molecule has 1 aliphatic heterocycles. The Labute approximate surface area is 169 Å². The van der Waals surface area contributed by atoms with Gasteiger partial charge in [-0.05, 0) is 50.9 Å². The summed E-state index contributed by atoms with van der Waals surface area (Å²) >= 11 is 0. The van der Waals surface area contributed by atoms with E-state index in [1.807, 2.05) is 12.1 Å². The molecule has 1 aromatic heterocycles. The highest BCUT2D eigenvalue weighted by molar-refractivity contribution is 5.91. The van der Waals surface area contributed by atoms with E-state index in [4.69, 9.17) is 4.52 Å². The van der Waals surface area contributed by atoms with Crippen LogP contribution in [0.5, 0.6) is 0 Å². The van der Waals surface area contributed by atoms with Crippen LogP contribution in [0, 0.1) is 12.8 Å². The van der Waals surface area contributed by atoms with Gasteiger partial charge >= 0.3 is 6.09 Å². The molecule has 0 saturated carbocycles. The molecule has 0 atom stereocenters. The van der Waals surface area contributed by atoms with E-state index >= 15 is 0 Å². The fourth-order valence-corrected chi connectivity index (χ4v) is 3.62. The van der Waals surface area contributed by atoms with Crippen molar-refractivity contribution in [3.63, 3.8) is 0 Å². The number of anilines is 1. The van der Waals surface area contributed by atoms with Gasteiger partial charge in [0.25, 0.3) is 5.89 Å². The van der Waals surface area contributed by atoms with Gasteiger partial charge in [-0.1, -0.05) is 17.3 Å². The molecule has 1 aliphatic rings. The molecule has 1 fully saturated rings. The second-order valence-corrected chi connectivity index (χ2v) is 7.33. The van der Waals surface area contributed by atoms with Gasteiger partial charge in [0.1, 0.15) is 0 Å². The summed E-state index contributed by atoms with van der Waals surface area (Å²) in [6.45, 7) is 6.89. The largest absolute Gasteiger partial charge is 0.465 e. The van der Waals surface area contributed by atoms with Crippen LogP contribution in [0.3, 0.4) is 0 Å². The predicted octanol–water partition coefficient (Wildman–Crippen LogP) is 2.38. The van der Waals surface area contributed by atoms with Gasteiger partial charge in [0.15, 0.2) is 5.82 Å². The molecule has 0 aliphatic carbocycles. The lowest BCUT2D eigenvalue weighted by atomic mass is 9.95. The standard InChI is InChI=1S/C20H27N5O4/c1-14-22-19(29-23-14)17-5-3-4-6-18(17)25(20(27)28)13-16-7-10-24(11-8-16)12-9-21-15(2)26/h3-6,16H,7-13H2,1-2H3,(H,21,26)(H,27,28).